The first-order valence-electron chi connectivity index (χ1n) is 8.62. The number of halogens is 1. The van der Waals surface area contributed by atoms with Crippen LogP contribution in [0.4, 0.5) is 4.39 Å². The topological polar surface area (TPSA) is 53.4 Å². The number of fused-ring (bicyclic) bond motifs is 1. The fourth-order valence-electron chi connectivity index (χ4n) is 3.07. The molecular formula is C22H17FN2O3. The third-order valence-corrected chi connectivity index (χ3v) is 4.51. The Balaban J connectivity index is 2.04. The summed E-state index contributed by atoms with van der Waals surface area (Å²) in [5, 5.41) is 0. The highest BCUT2D eigenvalue weighted by Gasteiger charge is 2.15. The molecule has 0 saturated carbocycles. The van der Waals surface area contributed by atoms with Crippen LogP contribution in [0, 0.1) is 5.82 Å². The lowest BCUT2D eigenvalue weighted by Crippen LogP contribution is -2.22. The second kappa shape index (κ2) is 7.15. The molecule has 1 aromatic heterocycles. The molecule has 140 valence electrons. The number of hydrogen-bond donors (Lipinski definition) is 0. The first-order chi connectivity index (χ1) is 13.6. The van der Waals surface area contributed by atoms with Gasteiger partial charge in [0.15, 0.2) is 0 Å². The minimum Gasteiger partial charge on any atom is -0.497 e. The van der Waals surface area contributed by atoms with Crippen molar-refractivity contribution in [3.8, 4) is 28.4 Å². The van der Waals surface area contributed by atoms with Crippen LogP contribution < -0.4 is 15.0 Å². The van der Waals surface area contributed by atoms with Crippen molar-refractivity contribution in [2.45, 2.75) is 0 Å². The van der Waals surface area contributed by atoms with Gasteiger partial charge in [-0.1, -0.05) is 0 Å². The van der Waals surface area contributed by atoms with Crippen LogP contribution in [0.2, 0.25) is 0 Å². The zero-order valence-corrected chi connectivity index (χ0v) is 15.3. The Morgan fingerprint density at radius 2 is 1.50 bits per heavy atom. The predicted octanol–water partition coefficient (Wildman–Crippen LogP) is 4.21. The summed E-state index contributed by atoms with van der Waals surface area (Å²) in [6, 6.07) is 18.2. The van der Waals surface area contributed by atoms with Gasteiger partial charge in [-0.25, -0.2) is 9.37 Å². The van der Waals surface area contributed by atoms with Crippen LogP contribution in [0.1, 0.15) is 0 Å². The molecule has 0 aliphatic carbocycles. The minimum absolute atomic E-state index is 0.244. The van der Waals surface area contributed by atoms with E-state index in [1.807, 2.05) is 0 Å². The fraction of sp³-hybridized carbons (Fsp3) is 0.0909. The fourth-order valence-corrected chi connectivity index (χ4v) is 3.07. The molecule has 0 N–H and O–H groups in total. The molecule has 3 aromatic carbocycles. The van der Waals surface area contributed by atoms with E-state index in [0.717, 1.165) is 0 Å². The normalized spacial score (nSPS) is 10.8. The third kappa shape index (κ3) is 3.09. The molecule has 4 rings (SSSR count). The highest BCUT2D eigenvalue weighted by Crippen LogP contribution is 2.25. The van der Waals surface area contributed by atoms with Crippen molar-refractivity contribution in [3.63, 3.8) is 0 Å². The Kier molecular flexibility index (Phi) is 4.53. The molecule has 0 spiro atoms. The van der Waals surface area contributed by atoms with Gasteiger partial charge in [-0.2, -0.15) is 0 Å². The number of hydrogen-bond acceptors (Lipinski definition) is 4. The molecule has 6 heteroatoms. The predicted molar refractivity (Wildman–Crippen MR) is 106 cm³/mol. The summed E-state index contributed by atoms with van der Waals surface area (Å²) in [5.41, 5.74) is 2.38. The van der Waals surface area contributed by atoms with Gasteiger partial charge < -0.3 is 9.47 Å². The average Bonchev–Trinajstić information content (AvgIpc) is 2.74. The van der Waals surface area contributed by atoms with Crippen molar-refractivity contribution in [2.24, 2.45) is 0 Å². The Morgan fingerprint density at radius 1 is 0.857 bits per heavy atom. The second-order valence-electron chi connectivity index (χ2n) is 6.16. The standard InChI is InChI=1S/C22H17FN2O3/c1-27-17-9-7-16(8-10-17)25-20-13-18(28-2)11-12-19(20)24-21(22(25)26)14-3-5-15(23)6-4-14/h3-13H,1-2H3. The largest absolute Gasteiger partial charge is 0.497 e. The molecule has 4 aromatic rings. The van der Waals surface area contributed by atoms with Gasteiger partial charge in [0, 0.05) is 17.3 Å². The lowest BCUT2D eigenvalue weighted by atomic mass is 10.1. The highest BCUT2D eigenvalue weighted by atomic mass is 19.1. The molecule has 0 aliphatic rings. The molecule has 28 heavy (non-hydrogen) atoms. The van der Waals surface area contributed by atoms with E-state index in [1.165, 1.54) is 12.1 Å². The first kappa shape index (κ1) is 17.7. The van der Waals surface area contributed by atoms with Crippen molar-refractivity contribution in [1.29, 1.82) is 0 Å². The molecule has 1 heterocycles. The smallest absolute Gasteiger partial charge is 0.282 e. The Morgan fingerprint density at radius 3 is 2.14 bits per heavy atom. The van der Waals surface area contributed by atoms with Crippen molar-refractivity contribution in [3.05, 3.63) is 82.9 Å². The Labute approximate surface area is 160 Å². The summed E-state index contributed by atoms with van der Waals surface area (Å²) in [4.78, 5) is 17.9. The Hall–Kier alpha value is -3.67. The minimum atomic E-state index is -0.371. The van der Waals surface area contributed by atoms with E-state index in [2.05, 4.69) is 4.98 Å². The van der Waals surface area contributed by atoms with Crippen molar-refractivity contribution < 1.29 is 13.9 Å². The maximum absolute atomic E-state index is 13.4. The molecule has 0 bridgehead atoms. The zero-order valence-electron chi connectivity index (χ0n) is 15.3. The lowest BCUT2D eigenvalue weighted by molar-refractivity contribution is 0.414. The molecule has 0 fully saturated rings. The lowest BCUT2D eigenvalue weighted by Gasteiger charge is -2.14. The van der Waals surface area contributed by atoms with Gasteiger partial charge in [0.2, 0.25) is 0 Å². The maximum Gasteiger partial charge on any atom is 0.282 e. The van der Waals surface area contributed by atoms with E-state index in [9.17, 15) is 9.18 Å². The monoisotopic (exact) mass is 376 g/mol. The van der Waals surface area contributed by atoms with Gasteiger partial charge in [0.1, 0.15) is 23.0 Å². The van der Waals surface area contributed by atoms with Crippen molar-refractivity contribution in [2.75, 3.05) is 14.2 Å². The van der Waals surface area contributed by atoms with Gasteiger partial charge >= 0.3 is 0 Å². The van der Waals surface area contributed by atoms with Crippen LogP contribution in [-0.2, 0) is 0 Å². The number of rotatable bonds is 4. The SMILES string of the molecule is COc1ccc(-n2c(=O)c(-c3ccc(F)cc3)nc3ccc(OC)cc32)cc1. The van der Waals surface area contributed by atoms with Crippen LogP contribution in [0.5, 0.6) is 11.5 Å². The molecule has 0 atom stereocenters. The molecule has 0 saturated heterocycles. The summed E-state index contributed by atoms with van der Waals surface area (Å²) in [6.45, 7) is 0. The summed E-state index contributed by atoms with van der Waals surface area (Å²) in [6.07, 6.45) is 0. The van der Waals surface area contributed by atoms with Crippen LogP contribution in [0.15, 0.2) is 71.5 Å². The van der Waals surface area contributed by atoms with E-state index >= 15 is 0 Å². The maximum atomic E-state index is 13.4. The van der Waals surface area contributed by atoms with Crippen LogP contribution >= 0.6 is 0 Å². The molecule has 0 radical (unpaired) electrons. The number of methoxy groups -OCH3 is 2. The summed E-state index contributed by atoms with van der Waals surface area (Å²) in [5.74, 6) is 0.932. The molecule has 5 nitrogen and oxygen atoms in total. The van der Waals surface area contributed by atoms with Gasteiger partial charge in [-0.05, 0) is 60.7 Å². The number of benzene rings is 3. The third-order valence-electron chi connectivity index (χ3n) is 4.51. The Bertz CT molecular complexity index is 1200. The average molecular weight is 376 g/mol. The zero-order chi connectivity index (χ0) is 19.7. The van der Waals surface area contributed by atoms with E-state index in [4.69, 9.17) is 9.47 Å². The van der Waals surface area contributed by atoms with Crippen LogP contribution in [-0.4, -0.2) is 23.8 Å². The summed E-state index contributed by atoms with van der Waals surface area (Å²) < 4.78 is 25.4. The van der Waals surface area contributed by atoms with Crippen LogP contribution in [0.25, 0.3) is 28.0 Å². The molecule has 0 aliphatic heterocycles. The van der Waals surface area contributed by atoms with E-state index in [-0.39, 0.29) is 17.1 Å². The van der Waals surface area contributed by atoms with Crippen LogP contribution in [0.3, 0.4) is 0 Å². The molecular weight excluding hydrogens is 359 g/mol. The number of aromatic nitrogens is 2. The molecule has 0 unspecified atom stereocenters. The first-order valence-corrected chi connectivity index (χ1v) is 8.62. The summed E-state index contributed by atoms with van der Waals surface area (Å²) >= 11 is 0. The second-order valence-corrected chi connectivity index (χ2v) is 6.16. The number of nitrogens with zero attached hydrogens (tertiary/aromatic N) is 2. The van der Waals surface area contributed by atoms with Gasteiger partial charge in [-0.3, -0.25) is 9.36 Å². The van der Waals surface area contributed by atoms with Crippen molar-refractivity contribution in [1.82, 2.24) is 9.55 Å². The van der Waals surface area contributed by atoms with E-state index in [1.54, 1.807) is 73.4 Å². The van der Waals surface area contributed by atoms with Gasteiger partial charge in [0.25, 0.3) is 5.56 Å². The van der Waals surface area contributed by atoms with Gasteiger partial charge in [0.05, 0.1) is 25.3 Å². The summed E-state index contributed by atoms with van der Waals surface area (Å²) in [7, 11) is 3.15. The van der Waals surface area contributed by atoms with Crippen molar-refractivity contribution >= 4 is 11.0 Å². The number of ether oxygens (including phenoxy) is 2. The quantitative estimate of drug-likeness (QED) is 0.535. The molecule has 0 amide bonds. The van der Waals surface area contributed by atoms with E-state index in [0.29, 0.717) is 33.8 Å². The van der Waals surface area contributed by atoms with E-state index < -0.39 is 0 Å². The highest BCUT2D eigenvalue weighted by molar-refractivity contribution is 5.81. The van der Waals surface area contributed by atoms with Gasteiger partial charge in [-0.15, -0.1) is 0 Å².